The number of anilines is 1. The number of amides is 2. The smallest absolute Gasteiger partial charge is 0.242 e. The molecule has 2 amide bonds. The fraction of sp³-hybridized carbons (Fsp3) is 0.562. The first-order valence-corrected chi connectivity index (χ1v) is 8.53. The van der Waals surface area contributed by atoms with E-state index in [0.717, 1.165) is 0 Å². The van der Waals surface area contributed by atoms with E-state index in [-0.39, 0.29) is 48.6 Å². The van der Waals surface area contributed by atoms with Gasteiger partial charge in [-0.1, -0.05) is 11.6 Å². The molecule has 2 aliphatic rings. The molecule has 146 valence electrons. The number of carbonyl (C=O) groups is 2. The third kappa shape index (κ3) is 5.96. The highest BCUT2D eigenvalue weighted by atomic mass is 35.5. The summed E-state index contributed by atoms with van der Waals surface area (Å²) in [5.41, 5.74) is 0. The van der Waals surface area contributed by atoms with E-state index < -0.39 is 0 Å². The fourth-order valence-corrected chi connectivity index (χ4v) is 3.10. The molecule has 2 aliphatic heterocycles. The van der Waals surface area contributed by atoms with E-state index >= 15 is 0 Å². The minimum atomic E-state index is -0.262. The molecule has 1 unspecified atom stereocenters. The van der Waals surface area contributed by atoms with E-state index in [9.17, 15) is 9.59 Å². The molecule has 2 fully saturated rings. The highest BCUT2D eigenvalue weighted by molar-refractivity contribution is 6.30. The lowest BCUT2D eigenvalue weighted by Crippen LogP contribution is -2.54. The molecule has 2 N–H and O–H groups in total. The van der Waals surface area contributed by atoms with Crippen molar-refractivity contribution < 1.29 is 14.3 Å². The maximum atomic E-state index is 12.4. The summed E-state index contributed by atoms with van der Waals surface area (Å²) in [6.07, 6.45) is 2.80. The van der Waals surface area contributed by atoms with Crippen LogP contribution in [0.1, 0.15) is 12.8 Å². The van der Waals surface area contributed by atoms with Crippen LogP contribution in [0.3, 0.4) is 0 Å². The van der Waals surface area contributed by atoms with Crippen LogP contribution in [0.5, 0.6) is 0 Å². The quantitative estimate of drug-likeness (QED) is 0.771. The zero-order chi connectivity index (χ0) is 16.9. The third-order valence-electron chi connectivity index (χ3n) is 4.38. The SMILES string of the molecule is Cl.Cl.O=C(Nc1ccc(Cl)cn1)C1CCN(C(=O)C2COCCN2)CC1. The number of rotatable bonds is 3. The first-order valence-electron chi connectivity index (χ1n) is 8.16. The fourth-order valence-electron chi connectivity index (χ4n) is 2.98. The summed E-state index contributed by atoms with van der Waals surface area (Å²) in [4.78, 5) is 30.6. The largest absolute Gasteiger partial charge is 0.378 e. The molecule has 0 saturated carbocycles. The topological polar surface area (TPSA) is 83.6 Å². The molecule has 1 aromatic rings. The van der Waals surface area contributed by atoms with Gasteiger partial charge in [-0.05, 0) is 25.0 Å². The zero-order valence-corrected chi connectivity index (χ0v) is 16.5. The van der Waals surface area contributed by atoms with Gasteiger partial charge in [0.15, 0.2) is 0 Å². The number of piperidine rings is 1. The standard InChI is InChI=1S/C16H21ClN4O3.2ClH/c17-12-1-2-14(19-9-12)20-15(22)11-3-6-21(7-4-11)16(23)13-10-24-8-5-18-13;;/h1-2,9,11,13,18H,3-8,10H2,(H,19,20,22);2*1H. The molecule has 10 heteroatoms. The molecule has 7 nitrogen and oxygen atoms in total. The Morgan fingerprint density at radius 2 is 2.00 bits per heavy atom. The number of likely N-dealkylation sites (tertiary alicyclic amines) is 1. The highest BCUT2D eigenvalue weighted by Gasteiger charge is 2.31. The van der Waals surface area contributed by atoms with Crippen molar-refractivity contribution in [3.63, 3.8) is 0 Å². The molecular weight excluding hydrogens is 403 g/mol. The van der Waals surface area contributed by atoms with E-state index in [1.807, 2.05) is 4.90 Å². The first-order chi connectivity index (χ1) is 11.6. The number of pyridine rings is 1. The lowest BCUT2D eigenvalue weighted by atomic mass is 9.95. The van der Waals surface area contributed by atoms with Gasteiger partial charge in [0.1, 0.15) is 11.9 Å². The van der Waals surface area contributed by atoms with Gasteiger partial charge in [0.25, 0.3) is 0 Å². The number of ether oxygens (including phenoxy) is 1. The molecule has 0 bridgehead atoms. The molecule has 2 saturated heterocycles. The number of nitrogens with zero attached hydrogens (tertiary/aromatic N) is 2. The van der Waals surface area contributed by atoms with Gasteiger partial charge >= 0.3 is 0 Å². The van der Waals surface area contributed by atoms with Crippen LogP contribution < -0.4 is 10.6 Å². The molecule has 1 atom stereocenters. The minimum absolute atomic E-state index is 0. The van der Waals surface area contributed by atoms with Crippen molar-refractivity contribution >= 4 is 54.0 Å². The second-order valence-electron chi connectivity index (χ2n) is 6.03. The van der Waals surface area contributed by atoms with Crippen LogP contribution in [0.2, 0.25) is 5.02 Å². The Morgan fingerprint density at radius 1 is 1.27 bits per heavy atom. The van der Waals surface area contributed by atoms with Crippen LogP contribution in [0.4, 0.5) is 5.82 Å². The number of carbonyl (C=O) groups excluding carboxylic acids is 2. The number of nitrogens with one attached hydrogen (secondary N) is 2. The summed E-state index contributed by atoms with van der Waals surface area (Å²) in [7, 11) is 0. The third-order valence-corrected chi connectivity index (χ3v) is 4.60. The van der Waals surface area contributed by atoms with Crippen molar-refractivity contribution in [1.29, 1.82) is 0 Å². The molecule has 3 rings (SSSR count). The van der Waals surface area contributed by atoms with Gasteiger partial charge in [-0.15, -0.1) is 24.8 Å². The monoisotopic (exact) mass is 424 g/mol. The molecule has 1 aromatic heterocycles. The molecule has 0 aromatic carbocycles. The van der Waals surface area contributed by atoms with Gasteiger partial charge in [0.2, 0.25) is 11.8 Å². The van der Waals surface area contributed by atoms with Gasteiger partial charge in [0.05, 0.1) is 18.2 Å². The van der Waals surface area contributed by atoms with Gasteiger partial charge < -0.3 is 20.3 Å². The number of halogens is 3. The van der Waals surface area contributed by atoms with E-state index in [1.54, 1.807) is 12.1 Å². The predicted molar refractivity (Wildman–Crippen MR) is 104 cm³/mol. The average molecular weight is 426 g/mol. The van der Waals surface area contributed by atoms with Crippen molar-refractivity contribution in [2.24, 2.45) is 5.92 Å². The molecule has 26 heavy (non-hydrogen) atoms. The highest BCUT2D eigenvalue weighted by Crippen LogP contribution is 2.20. The molecule has 0 radical (unpaired) electrons. The number of hydrogen-bond donors (Lipinski definition) is 2. The van der Waals surface area contributed by atoms with Gasteiger partial charge in [-0.25, -0.2) is 4.98 Å². The van der Waals surface area contributed by atoms with Gasteiger partial charge in [-0.3, -0.25) is 9.59 Å². The number of aromatic nitrogens is 1. The Morgan fingerprint density at radius 3 is 2.58 bits per heavy atom. The number of hydrogen-bond acceptors (Lipinski definition) is 5. The summed E-state index contributed by atoms with van der Waals surface area (Å²) in [5, 5.41) is 6.50. The van der Waals surface area contributed by atoms with Crippen molar-refractivity contribution in [2.45, 2.75) is 18.9 Å². The Hall–Kier alpha value is -1.12. The van der Waals surface area contributed by atoms with E-state index in [0.29, 0.717) is 56.5 Å². The van der Waals surface area contributed by atoms with Crippen LogP contribution >= 0.6 is 36.4 Å². The Labute approximate surface area is 170 Å². The number of morpholine rings is 1. The molecule has 0 aliphatic carbocycles. The van der Waals surface area contributed by atoms with Crippen LogP contribution in [-0.4, -0.2) is 60.6 Å². The van der Waals surface area contributed by atoms with Crippen LogP contribution in [0.25, 0.3) is 0 Å². The molecule has 3 heterocycles. The average Bonchev–Trinajstić information content (AvgIpc) is 2.64. The predicted octanol–water partition coefficient (Wildman–Crippen LogP) is 1.74. The van der Waals surface area contributed by atoms with Crippen molar-refractivity contribution in [2.75, 3.05) is 38.2 Å². The Balaban J connectivity index is 0.00000169. The molecular formula is C16H23Cl3N4O3. The van der Waals surface area contributed by atoms with Crippen LogP contribution in [-0.2, 0) is 14.3 Å². The van der Waals surface area contributed by atoms with Crippen molar-refractivity contribution in [3.05, 3.63) is 23.4 Å². The van der Waals surface area contributed by atoms with E-state index in [1.165, 1.54) is 6.20 Å². The van der Waals surface area contributed by atoms with E-state index in [4.69, 9.17) is 16.3 Å². The second kappa shape index (κ2) is 10.9. The van der Waals surface area contributed by atoms with E-state index in [2.05, 4.69) is 15.6 Å². The lowest BCUT2D eigenvalue weighted by molar-refractivity contribution is -0.139. The van der Waals surface area contributed by atoms with Crippen LogP contribution in [0.15, 0.2) is 18.3 Å². The minimum Gasteiger partial charge on any atom is -0.378 e. The molecule has 0 spiro atoms. The second-order valence-corrected chi connectivity index (χ2v) is 6.47. The summed E-state index contributed by atoms with van der Waals surface area (Å²) < 4.78 is 5.34. The lowest BCUT2D eigenvalue weighted by Gasteiger charge is -2.34. The summed E-state index contributed by atoms with van der Waals surface area (Å²) in [5.74, 6) is 0.387. The Bertz CT molecular complexity index is 589. The Kier molecular flexibility index (Phi) is 9.60. The zero-order valence-electron chi connectivity index (χ0n) is 14.2. The summed E-state index contributed by atoms with van der Waals surface area (Å²) in [6, 6.07) is 3.10. The van der Waals surface area contributed by atoms with Gasteiger partial charge in [0, 0.05) is 31.7 Å². The summed E-state index contributed by atoms with van der Waals surface area (Å²) in [6.45, 7) is 2.93. The summed E-state index contributed by atoms with van der Waals surface area (Å²) >= 11 is 5.78. The van der Waals surface area contributed by atoms with Crippen LogP contribution in [0, 0.1) is 5.92 Å². The normalized spacial score (nSPS) is 20.5. The first kappa shape index (κ1) is 22.9. The maximum Gasteiger partial charge on any atom is 0.242 e. The maximum absolute atomic E-state index is 12.4. The van der Waals surface area contributed by atoms with Crippen molar-refractivity contribution in [3.8, 4) is 0 Å². The van der Waals surface area contributed by atoms with Gasteiger partial charge in [-0.2, -0.15) is 0 Å². The van der Waals surface area contributed by atoms with Crippen molar-refractivity contribution in [1.82, 2.24) is 15.2 Å².